The Kier molecular flexibility index (Phi) is 7.85. The fourth-order valence-electron chi connectivity index (χ4n) is 3.51. The zero-order valence-electron chi connectivity index (χ0n) is 12.7. The molecule has 0 aliphatic carbocycles. The number of carbonyl (C=O) groups is 1. The molecule has 0 aromatic carbocycles. The van der Waals surface area contributed by atoms with Gasteiger partial charge in [0.1, 0.15) is 0 Å². The number of hydrogen-bond donors (Lipinski definition) is 1. The number of halogens is 1. The van der Waals surface area contributed by atoms with E-state index in [4.69, 9.17) is 5.73 Å². The van der Waals surface area contributed by atoms with Crippen molar-refractivity contribution in [1.82, 2.24) is 9.80 Å². The Bertz CT molecular complexity index is 293. The molecule has 2 heterocycles. The molecule has 0 aromatic heterocycles. The van der Waals surface area contributed by atoms with Crippen LogP contribution < -0.4 is 5.73 Å². The number of carbonyl (C=O) groups excluding carboxylic acids is 1. The highest BCUT2D eigenvalue weighted by Crippen LogP contribution is 2.22. The summed E-state index contributed by atoms with van der Waals surface area (Å²) in [4.78, 5) is 16.8. The van der Waals surface area contributed by atoms with Crippen LogP contribution in [0.15, 0.2) is 0 Å². The van der Waals surface area contributed by atoms with Gasteiger partial charge in [0.25, 0.3) is 0 Å². The highest BCUT2D eigenvalue weighted by Gasteiger charge is 2.29. The average Bonchev–Trinajstić information content (AvgIpc) is 2.68. The molecule has 2 atom stereocenters. The Morgan fingerprint density at radius 3 is 2.35 bits per heavy atom. The van der Waals surface area contributed by atoms with Crippen molar-refractivity contribution in [1.29, 1.82) is 0 Å². The summed E-state index contributed by atoms with van der Waals surface area (Å²) in [6.07, 6.45) is 7.33. The zero-order chi connectivity index (χ0) is 13.7. The molecule has 4 nitrogen and oxygen atoms in total. The summed E-state index contributed by atoms with van der Waals surface area (Å²) >= 11 is 0. The van der Waals surface area contributed by atoms with Gasteiger partial charge in [-0.15, -0.1) is 12.4 Å². The second-order valence-electron chi connectivity index (χ2n) is 6.19. The Labute approximate surface area is 129 Å². The van der Waals surface area contributed by atoms with Crippen molar-refractivity contribution >= 4 is 18.3 Å². The predicted molar refractivity (Wildman–Crippen MR) is 85.1 cm³/mol. The zero-order valence-corrected chi connectivity index (χ0v) is 13.5. The van der Waals surface area contributed by atoms with Gasteiger partial charge in [-0.25, -0.2) is 0 Å². The summed E-state index contributed by atoms with van der Waals surface area (Å²) in [7, 11) is 0. The van der Waals surface area contributed by atoms with Gasteiger partial charge in [0.2, 0.25) is 5.91 Å². The molecule has 2 rings (SSSR count). The molecule has 2 fully saturated rings. The van der Waals surface area contributed by atoms with Crippen LogP contribution in [-0.2, 0) is 4.79 Å². The molecule has 0 aromatic rings. The number of rotatable bonds is 3. The third-order valence-electron chi connectivity index (χ3n) is 4.77. The van der Waals surface area contributed by atoms with Crippen LogP contribution in [0.2, 0.25) is 0 Å². The maximum absolute atomic E-state index is 12.4. The fourth-order valence-corrected chi connectivity index (χ4v) is 3.51. The summed E-state index contributed by atoms with van der Waals surface area (Å²) in [6.45, 7) is 6.46. The monoisotopic (exact) mass is 303 g/mol. The largest absolute Gasteiger partial charge is 0.342 e. The Hall–Kier alpha value is -0.320. The van der Waals surface area contributed by atoms with Crippen LogP contribution in [0.5, 0.6) is 0 Å². The van der Waals surface area contributed by atoms with Crippen LogP contribution in [-0.4, -0.2) is 54.5 Å². The van der Waals surface area contributed by atoms with Crippen LogP contribution in [0.3, 0.4) is 0 Å². The van der Waals surface area contributed by atoms with Gasteiger partial charge in [0.05, 0.1) is 6.54 Å². The molecule has 1 amide bonds. The third kappa shape index (κ3) is 4.61. The van der Waals surface area contributed by atoms with Crippen LogP contribution in [0.1, 0.15) is 45.4 Å². The molecule has 2 N–H and O–H groups in total. The van der Waals surface area contributed by atoms with Gasteiger partial charge in [-0.1, -0.05) is 19.8 Å². The lowest BCUT2D eigenvalue weighted by Crippen LogP contribution is -2.52. The fraction of sp³-hybridized carbons (Fsp3) is 0.933. The summed E-state index contributed by atoms with van der Waals surface area (Å²) in [5.41, 5.74) is 5.90. The van der Waals surface area contributed by atoms with Gasteiger partial charge in [-0.05, 0) is 38.1 Å². The SMILES string of the molecule is CC1CCCN(CC(=O)N2CCCCCC2)C1CN.Cl. The van der Waals surface area contributed by atoms with Crippen molar-refractivity contribution in [3.63, 3.8) is 0 Å². The van der Waals surface area contributed by atoms with Gasteiger partial charge in [0.15, 0.2) is 0 Å². The minimum absolute atomic E-state index is 0. The average molecular weight is 304 g/mol. The van der Waals surface area contributed by atoms with E-state index in [2.05, 4.69) is 16.7 Å². The topological polar surface area (TPSA) is 49.6 Å². The first kappa shape index (κ1) is 17.7. The van der Waals surface area contributed by atoms with Crippen molar-refractivity contribution in [3.05, 3.63) is 0 Å². The molecule has 2 aliphatic rings. The first-order chi connectivity index (χ1) is 9.22. The molecule has 0 bridgehead atoms. The Morgan fingerprint density at radius 1 is 1.10 bits per heavy atom. The maximum Gasteiger partial charge on any atom is 0.236 e. The van der Waals surface area contributed by atoms with Gasteiger partial charge in [-0.3, -0.25) is 9.69 Å². The van der Waals surface area contributed by atoms with Crippen molar-refractivity contribution in [2.24, 2.45) is 11.7 Å². The number of amides is 1. The van der Waals surface area contributed by atoms with Gasteiger partial charge in [-0.2, -0.15) is 0 Å². The van der Waals surface area contributed by atoms with E-state index in [-0.39, 0.29) is 12.4 Å². The van der Waals surface area contributed by atoms with E-state index in [0.29, 0.717) is 31.0 Å². The number of nitrogens with zero attached hydrogens (tertiary/aromatic N) is 2. The van der Waals surface area contributed by atoms with Crippen LogP contribution >= 0.6 is 12.4 Å². The lowest BCUT2D eigenvalue weighted by molar-refractivity contribution is -0.133. The van der Waals surface area contributed by atoms with E-state index in [1.165, 1.54) is 38.5 Å². The minimum Gasteiger partial charge on any atom is -0.342 e. The lowest BCUT2D eigenvalue weighted by Gasteiger charge is -2.39. The summed E-state index contributed by atoms with van der Waals surface area (Å²) in [5, 5.41) is 0. The molecular weight excluding hydrogens is 274 g/mol. The first-order valence-corrected chi connectivity index (χ1v) is 7.94. The third-order valence-corrected chi connectivity index (χ3v) is 4.77. The molecule has 20 heavy (non-hydrogen) atoms. The number of likely N-dealkylation sites (tertiary alicyclic amines) is 2. The number of piperidine rings is 1. The van der Waals surface area contributed by atoms with Crippen molar-refractivity contribution in [2.45, 2.75) is 51.5 Å². The summed E-state index contributed by atoms with van der Waals surface area (Å²) in [6, 6.07) is 0.393. The smallest absolute Gasteiger partial charge is 0.236 e. The molecule has 2 unspecified atom stereocenters. The Morgan fingerprint density at radius 2 is 1.75 bits per heavy atom. The van der Waals surface area contributed by atoms with Crippen molar-refractivity contribution in [2.75, 3.05) is 32.7 Å². The van der Waals surface area contributed by atoms with Crippen LogP contribution in [0, 0.1) is 5.92 Å². The van der Waals surface area contributed by atoms with Crippen molar-refractivity contribution < 1.29 is 4.79 Å². The quantitative estimate of drug-likeness (QED) is 0.866. The van der Waals surface area contributed by atoms with E-state index in [0.717, 1.165) is 19.6 Å². The molecule has 0 saturated carbocycles. The van der Waals surface area contributed by atoms with Crippen LogP contribution in [0.25, 0.3) is 0 Å². The molecule has 0 radical (unpaired) electrons. The summed E-state index contributed by atoms with van der Waals surface area (Å²) in [5.74, 6) is 0.935. The molecule has 5 heteroatoms. The van der Waals surface area contributed by atoms with E-state index in [9.17, 15) is 4.79 Å². The van der Waals surface area contributed by atoms with Crippen molar-refractivity contribution in [3.8, 4) is 0 Å². The Balaban J connectivity index is 0.00000200. The molecule has 0 spiro atoms. The van der Waals surface area contributed by atoms with Crippen LogP contribution in [0.4, 0.5) is 0 Å². The van der Waals surface area contributed by atoms with E-state index >= 15 is 0 Å². The molecule has 118 valence electrons. The maximum atomic E-state index is 12.4. The minimum atomic E-state index is 0. The van der Waals surface area contributed by atoms with Gasteiger partial charge in [0, 0.05) is 25.7 Å². The normalized spacial score (nSPS) is 28.6. The lowest BCUT2D eigenvalue weighted by atomic mass is 9.91. The highest BCUT2D eigenvalue weighted by atomic mass is 35.5. The highest BCUT2D eigenvalue weighted by molar-refractivity contribution is 5.85. The van der Waals surface area contributed by atoms with E-state index in [1.807, 2.05) is 0 Å². The van der Waals surface area contributed by atoms with E-state index in [1.54, 1.807) is 0 Å². The second-order valence-corrected chi connectivity index (χ2v) is 6.19. The number of hydrogen-bond acceptors (Lipinski definition) is 3. The second kappa shape index (κ2) is 8.85. The molecule has 2 saturated heterocycles. The van der Waals surface area contributed by atoms with Gasteiger partial charge < -0.3 is 10.6 Å². The molecular formula is C15H30ClN3O. The summed E-state index contributed by atoms with van der Waals surface area (Å²) < 4.78 is 0. The predicted octanol–water partition coefficient (Wildman–Crippen LogP) is 1.87. The van der Waals surface area contributed by atoms with Gasteiger partial charge >= 0.3 is 0 Å². The number of nitrogens with two attached hydrogens (primary N) is 1. The molecule has 2 aliphatic heterocycles. The first-order valence-electron chi connectivity index (χ1n) is 7.94. The standard InChI is InChI=1S/C15H29N3O.ClH/c1-13-7-6-10-18(14(13)11-16)12-15(19)17-8-4-2-3-5-9-17;/h13-14H,2-12,16H2,1H3;1H. The van der Waals surface area contributed by atoms with E-state index < -0.39 is 0 Å².